The molecule has 0 aromatic heterocycles. The van der Waals surface area contributed by atoms with Crippen LogP contribution in [0.2, 0.25) is 0 Å². The van der Waals surface area contributed by atoms with Crippen molar-refractivity contribution in [1.29, 1.82) is 0 Å². The molecule has 0 bridgehead atoms. The number of nitrogens with one attached hydrogen (secondary N) is 1. The van der Waals surface area contributed by atoms with E-state index in [-0.39, 0.29) is 17.7 Å². The molecule has 2 N–H and O–H groups in total. The van der Waals surface area contributed by atoms with E-state index in [1.807, 2.05) is 26.8 Å². The summed E-state index contributed by atoms with van der Waals surface area (Å²) in [6.07, 6.45) is 7.58. The van der Waals surface area contributed by atoms with E-state index in [2.05, 4.69) is 16.5 Å². The maximum Gasteiger partial charge on any atom is 0.326 e. The first-order valence-corrected chi connectivity index (χ1v) is 8.65. The van der Waals surface area contributed by atoms with Crippen molar-refractivity contribution < 1.29 is 19.5 Å². The second-order valence-corrected chi connectivity index (χ2v) is 6.55. The minimum absolute atomic E-state index is 0.0977. The smallest absolute Gasteiger partial charge is 0.326 e. The van der Waals surface area contributed by atoms with Crippen LogP contribution in [0.5, 0.6) is 0 Å². The number of rotatable bonds is 9. The number of hydrogen-bond donors (Lipinski definition) is 2. The lowest BCUT2D eigenvalue weighted by Crippen LogP contribution is -2.45. The molecule has 0 aromatic rings. The molecule has 136 valence electrons. The third-order valence-corrected chi connectivity index (χ3v) is 4.80. The third kappa shape index (κ3) is 5.98. The molecule has 6 nitrogen and oxygen atoms in total. The van der Waals surface area contributed by atoms with Crippen molar-refractivity contribution >= 4 is 17.6 Å². The number of aliphatic carboxylic acids is 1. The molecule has 0 aliphatic heterocycles. The summed E-state index contributed by atoms with van der Waals surface area (Å²) in [4.78, 5) is 28.6. The summed E-state index contributed by atoms with van der Waals surface area (Å²) in [5, 5.41) is 16.0. The number of allylic oxidation sites excluding steroid dienone is 2. The Kier molecular flexibility index (Phi) is 8.50. The van der Waals surface area contributed by atoms with Crippen LogP contribution in [0.3, 0.4) is 0 Å². The second-order valence-electron chi connectivity index (χ2n) is 6.55. The van der Waals surface area contributed by atoms with Crippen molar-refractivity contribution in [2.45, 2.75) is 58.9 Å². The summed E-state index contributed by atoms with van der Waals surface area (Å²) in [7, 11) is 1.53. The highest BCUT2D eigenvalue weighted by atomic mass is 16.6. The average molecular weight is 338 g/mol. The normalized spacial score (nSPS) is 24.9. The molecule has 1 rings (SSSR count). The van der Waals surface area contributed by atoms with Crippen molar-refractivity contribution in [1.82, 2.24) is 5.32 Å². The van der Waals surface area contributed by atoms with E-state index in [4.69, 9.17) is 4.84 Å². The highest BCUT2D eigenvalue weighted by Crippen LogP contribution is 2.35. The van der Waals surface area contributed by atoms with Crippen LogP contribution in [0.15, 0.2) is 17.3 Å². The Bertz CT molecular complexity index is 487. The molecule has 4 atom stereocenters. The quantitative estimate of drug-likeness (QED) is 0.500. The van der Waals surface area contributed by atoms with Gasteiger partial charge in [-0.2, -0.15) is 0 Å². The molecule has 1 aliphatic carbocycles. The first-order valence-electron chi connectivity index (χ1n) is 8.65. The maximum absolute atomic E-state index is 12.4. The van der Waals surface area contributed by atoms with Gasteiger partial charge in [-0.25, -0.2) is 4.79 Å². The van der Waals surface area contributed by atoms with E-state index >= 15 is 0 Å². The van der Waals surface area contributed by atoms with E-state index in [9.17, 15) is 14.7 Å². The van der Waals surface area contributed by atoms with E-state index in [0.717, 1.165) is 25.0 Å². The highest BCUT2D eigenvalue weighted by molar-refractivity contribution is 5.88. The molecular weight excluding hydrogens is 308 g/mol. The lowest BCUT2D eigenvalue weighted by Gasteiger charge is -2.22. The Hall–Kier alpha value is -1.85. The van der Waals surface area contributed by atoms with Crippen LogP contribution in [0.1, 0.15) is 52.9 Å². The van der Waals surface area contributed by atoms with E-state index in [1.54, 1.807) is 0 Å². The second kappa shape index (κ2) is 10.1. The van der Waals surface area contributed by atoms with Crippen LogP contribution in [0.25, 0.3) is 0 Å². The van der Waals surface area contributed by atoms with Gasteiger partial charge in [0.1, 0.15) is 13.2 Å². The van der Waals surface area contributed by atoms with Crippen LogP contribution in [-0.2, 0) is 14.4 Å². The van der Waals surface area contributed by atoms with Gasteiger partial charge in [0.15, 0.2) is 0 Å². The Morgan fingerprint density at radius 3 is 2.62 bits per heavy atom. The number of amides is 1. The number of carboxylic acid groups (broad SMARTS) is 1. The van der Waals surface area contributed by atoms with Crippen LogP contribution in [0.4, 0.5) is 0 Å². The Balaban J connectivity index is 2.71. The van der Waals surface area contributed by atoms with Gasteiger partial charge in [0.2, 0.25) is 5.91 Å². The summed E-state index contributed by atoms with van der Waals surface area (Å²) in [6.45, 7) is 5.74. The molecule has 1 saturated carbocycles. The first kappa shape index (κ1) is 20.2. The average Bonchev–Trinajstić information content (AvgIpc) is 2.91. The van der Waals surface area contributed by atoms with Crippen LogP contribution in [0, 0.1) is 17.8 Å². The van der Waals surface area contributed by atoms with Gasteiger partial charge in [0.25, 0.3) is 0 Å². The van der Waals surface area contributed by atoms with E-state index in [1.165, 1.54) is 7.11 Å². The minimum Gasteiger partial charge on any atom is -0.480 e. The summed E-state index contributed by atoms with van der Waals surface area (Å²) < 4.78 is 0. The van der Waals surface area contributed by atoms with Crippen LogP contribution >= 0.6 is 0 Å². The summed E-state index contributed by atoms with van der Waals surface area (Å²) in [5.41, 5.74) is 0.974. The predicted octanol–water partition coefficient (Wildman–Crippen LogP) is 2.99. The van der Waals surface area contributed by atoms with Gasteiger partial charge in [0.05, 0.1) is 5.71 Å². The van der Waals surface area contributed by atoms with Gasteiger partial charge in [-0.1, -0.05) is 37.6 Å². The first-order chi connectivity index (χ1) is 11.4. The number of hydrogen-bond acceptors (Lipinski definition) is 4. The number of carbonyl (C=O) groups excluding carboxylic acids is 1. The monoisotopic (exact) mass is 338 g/mol. The largest absolute Gasteiger partial charge is 0.480 e. The molecule has 0 saturated heterocycles. The third-order valence-electron chi connectivity index (χ3n) is 4.80. The number of nitrogens with zero attached hydrogens (tertiary/aromatic N) is 1. The van der Waals surface area contributed by atoms with Crippen LogP contribution < -0.4 is 5.32 Å². The Morgan fingerprint density at radius 1 is 1.42 bits per heavy atom. The van der Waals surface area contributed by atoms with Gasteiger partial charge < -0.3 is 15.3 Å². The summed E-state index contributed by atoms with van der Waals surface area (Å²) >= 11 is 0. The zero-order chi connectivity index (χ0) is 18.1. The lowest BCUT2D eigenvalue weighted by atomic mass is 9.89. The van der Waals surface area contributed by atoms with Crippen molar-refractivity contribution in [3.8, 4) is 0 Å². The van der Waals surface area contributed by atoms with Gasteiger partial charge in [0, 0.05) is 6.42 Å². The van der Waals surface area contributed by atoms with Gasteiger partial charge >= 0.3 is 5.97 Å². The fraction of sp³-hybridized carbons (Fsp3) is 0.722. The molecule has 1 aliphatic rings. The zero-order valence-corrected chi connectivity index (χ0v) is 15.1. The zero-order valence-electron chi connectivity index (χ0n) is 15.1. The highest BCUT2D eigenvalue weighted by Gasteiger charge is 2.34. The number of oxime groups is 1. The lowest BCUT2D eigenvalue weighted by molar-refractivity contribution is -0.143. The molecule has 0 spiro atoms. The van der Waals surface area contributed by atoms with Gasteiger partial charge in [-0.3, -0.25) is 4.79 Å². The van der Waals surface area contributed by atoms with Crippen molar-refractivity contribution in [3.63, 3.8) is 0 Å². The molecular formula is C18H30N2O4. The molecule has 1 amide bonds. The SMILES string of the molecule is C/C=C\CC1CC(=NOC)CC1CC(=O)N[C@H](C(=O)O)[C@@H](C)CC. The van der Waals surface area contributed by atoms with Gasteiger partial charge in [-0.05, 0) is 43.9 Å². The molecule has 0 aromatic carbocycles. The number of carbonyl (C=O) groups is 2. The molecule has 1 fully saturated rings. The molecule has 2 unspecified atom stereocenters. The van der Waals surface area contributed by atoms with Gasteiger partial charge in [-0.15, -0.1) is 0 Å². The number of carboxylic acids is 1. The standard InChI is InChI=1S/C18H30N2O4/c1-5-7-8-13-9-15(20-24-4)10-14(13)11-16(21)19-17(18(22)23)12(3)6-2/h5,7,12-14,17H,6,8-11H2,1-4H3,(H,19,21)(H,22,23)/b7-5-,20-15?/t12-,13?,14?,17-/m0/s1. The molecule has 6 heteroatoms. The van der Waals surface area contributed by atoms with E-state index in [0.29, 0.717) is 18.8 Å². The molecule has 24 heavy (non-hydrogen) atoms. The van der Waals surface area contributed by atoms with Crippen molar-refractivity contribution in [2.24, 2.45) is 22.9 Å². The topological polar surface area (TPSA) is 88.0 Å². The molecule has 0 radical (unpaired) electrons. The fourth-order valence-electron chi connectivity index (χ4n) is 3.20. The van der Waals surface area contributed by atoms with E-state index < -0.39 is 12.0 Å². The fourth-order valence-corrected chi connectivity index (χ4v) is 3.20. The minimum atomic E-state index is -0.976. The summed E-state index contributed by atoms with van der Waals surface area (Å²) in [6, 6.07) is -0.829. The maximum atomic E-state index is 12.4. The van der Waals surface area contributed by atoms with Crippen molar-refractivity contribution in [2.75, 3.05) is 7.11 Å². The Labute approximate surface area is 144 Å². The summed E-state index contributed by atoms with van der Waals surface area (Å²) in [5.74, 6) is -0.762. The van der Waals surface area contributed by atoms with Crippen molar-refractivity contribution in [3.05, 3.63) is 12.2 Å². The van der Waals surface area contributed by atoms with Crippen LogP contribution in [-0.4, -0.2) is 35.8 Å². The molecule has 0 heterocycles. The predicted molar refractivity (Wildman–Crippen MR) is 93.7 cm³/mol. The Morgan fingerprint density at radius 2 is 2.08 bits per heavy atom.